The van der Waals surface area contributed by atoms with Gasteiger partial charge in [0.2, 0.25) is 0 Å². The summed E-state index contributed by atoms with van der Waals surface area (Å²) in [5, 5.41) is 0. The molecule has 0 aromatic heterocycles. The first kappa shape index (κ1) is 15.3. The highest BCUT2D eigenvalue weighted by Gasteiger charge is 2.29. The second kappa shape index (κ2) is 6.59. The summed E-state index contributed by atoms with van der Waals surface area (Å²) in [6, 6.07) is 7.15. The number of likely N-dealkylation sites (N-methyl/N-ethyl adjacent to an activating group) is 1. The van der Waals surface area contributed by atoms with Gasteiger partial charge in [0.25, 0.3) is 0 Å². The van der Waals surface area contributed by atoms with Crippen LogP contribution in [0, 0.1) is 0 Å². The molecule has 0 aliphatic carbocycles. The van der Waals surface area contributed by atoms with E-state index in [4.69, 9.17) is 4.74 Å². The van der Waals surface area contributed by atoms with Crippen molar-refractivity contribution < 1.29 is 17.9 Å². The van der Waals surface area contributed by atoms with Crippen LogP contribution < -0.4 is 0 Å². The largest absolute Gasteiger partial charge is 0.393 e. The standard InChI is InChI=1S/C15H20F3NO/c1-2-19(14-7-8-20-11-14)10-13-6-4-3-5-12(13)9-15(16,17)18/h3-6,14H,2,7-11H2,1H3. The molecular weight excluding hydrogens is 267 g/mol. The molecule has 1 heterocycles. The first-order valence-electron chi connectivity index (χ1n) is 6.95. The minimum absolute atomic E-state index is 0.318. The molecule has 112 valence electrons. The van der Waals surface area contributed by atoms with Crippen molar-refractivity contribution in [3.8, 4) is 0 Å². The van der Waals surface area contributed by atoms with Crippen molar-refractivity contribution in [3.63, 3.8) is 0 Å². The Labute approximate surface area is 117 Å². The van der Waals surface area contributed by atoms with E-state index in [0.717, 1.165) is 25.1 Å². The third-order valence-corrected chi connectivity index (χ3v) is 3.71. The van der Waals surface area contributed by atoms with Crippen molar-refractivity contribution in [2.75, 3.05) is 19.8 Å². The summed E-state index contributed by atoms with van der Waals surface area (Å²) < 4.78 is 43.2. The lowest BCUT2D eigenvalue weighted by Gasteiger charge is -2.27. The molecule has 1 fully saturated rings. The summed E-state index contributed by atoms with van der Waals surface area (Å²) in [6.45, 7) is 4.82. The van der Waals surface area contributed by atoms with Crippen LogP contribution in [0.15, 0.2) is 24.3 Å². The molecule has 1 saturated heterocycles. The highest BCUT2D eigenvalue weighted by atomic mass is 19.4. The third kappa shape index (κ3) is 4.21. The molecule has 1 atom stereocenters. The van der Waals surface area contributed by atoms with Crippen molar-refractivity contribution >= 4 is 0 Å². The number of nitrogens with zero attached hydrogens (tertiary/aromatic N) is 1. The quantitative estimate of drug-likeness (QED) is 0.823. The van der Waals surface area contributed by atoms with Crippen molar-refractivity contribution in [3.05, 3.63) is 35.4 Å². The number of rotatable bonds is 5. The van der Waals surface area contributed by atoms with E-state index in [1.54, 1.807) is 24.3 Å². The van der Waals surface area contributed by atoms with Gasteiger partial charge in [-0.2, -0.15) is 13.2 Å². The molecule has 0 radical (unpaired) electrons. The van der Waals surface area contributed by atoms with E-state index in [0.29, 0.717) is 24.8 Å². The van der Waals surface area contributed by atoms with Crippen LogP contribution in [0.5, 0.6) is 0 Å². The fraction of sp³-hybridized carbons (Fsp3) is 0.600. The Morgan fingerprint density at radius 2 is 1.95 bits per heavy atom. The zero-order valence-electron chi connectivity index (χ0n) is 11.6. The highest BCUT2D eigenvalue weighted by molar-refractivity contribution is 5.28. The predicted octanol–water partition coefficient (Wildman–Crippen LogP) is 3.40. The molecule has 1 unspecified atom stereocenters. The van der Waals surface area contributed by atoms with Gasteiger partial charge in [-0.15, -0.1) is 0 Å². The number of hydrogen-bond acceptors (Lipinski definition) is 2. The van der Waals surface area contributed by atoms with Gasteiger partial charge in [0.05, 0.1) is 13.0 Å². The van der Waals surface area contributed by atoms with E-state index in [1.807, 2.05) is 6.92 Å². The Kier molecular flexibility index (Phi) is 5.05. The maximum atomic E-state index is 12.6. The van der Waals surface area contributed by atoms with E-state index in [9.17, 15) is 13.2 Å². The lowest BCUT2D eigenvalue weighted by molar-refractivity contribution is -0.127. The first-order valence-corrected chi connectivity index (χ1v) is 6.95. The zero-order valence-corrected chi connectivity index (χ0v) is 11.6. The van der Waals surface area contributed by atoms with Gasteiger partial charge in [-0.25, -0.2) is 0 Å². The Morgan fingerprint density at radius 3 is 2.50 bits per heavy atom. The molecule has 2 nitrogen and oxygen atoms in total. The van der Waals surface area contributed by atoms with Crippen molar-refractivity contribution in [2.45, 2.75) is 38.5 Å². The Bertz CT molecular complexity index is 427. The minimum atomic E-state index is -4.16. The van der Waals surface area contributed by atoms with Gasteiger partial charge in [-0.1, -0.05) is 31.2 Å². The molecule has 20 heavy (non-hydrogen) atoms. The topological polar surface area (TPSA) is 12.5 Å². The van der Waals surface area contributed by atoms with E-state index in [1.165, 1.54) is 0 Å². The predicted molar refractivity (Wildman–Crippen MR) is 71.5 cm³/mol. The smallest absolute Gasteiger partial charge is 0.380 e. The molecule has 0 amide bonds. The highest BCUT2D eigenvalue weighted by Crippen LogP contribution is 2.25. The second-order valence-electron chi connectivity index (χ2n) is 5.14. The van der Waals surface area contributed by atoms with Crippen molar-refractivity contribution in [1.29, 1.82) is 0 Å². The average Bonchev–Trinajstić information content (AvgIpc) is 2.89. The summed E-state index contributed by atoms with van der Waals surface area (Å²) in [4.78, 5) is 2.20. The maximum Gasteiger partial charge on any atom is 0.393 e. The van der Waals surface area contributed by atoms with Crippen LogP contribution in [0.3, 0.4) is 0 Å². The number of hydrogen-bond donors (Lipinski definition) is 0. The molecular formula is C15H20F3NO. The van der Waals surface area contributed by atoms with Crippen LogP contribution in [0.4, 0.5) is 13.2 Å². The normalized spacial score (nSPS) is 19.8. The maximum absolute atomic E-state index is 12.6. The fourth-order valence-corrected chi connectivity index (χ4v) is 2.63. The molecule has 0 saturated carbocycles. The van der Waals surface area contributed by atoms with Crippen molar-refractivity contribution in [2.24, 2.45) is 0 Å². The summed E-state index contributed by atoms with van der Waals surface area (Å²) in [5.74, 6) is 0. The number of ether oxygens (including phenoxy) is 1. The van der Waals surface area contributed by atoms with E-state index in [2.05, 4.69) is 4.90 Å². The van der Waals surface area contributed by atoms with E-state index in [-0.39, 0.29) is 0 Å². The second-order valence-corrected chi connectivity index (χ2v) is 5.14. The lowest BCUT2D eigenvalue weighted by Crippen LogP contribution is -2.35. The molecule has 0 N–H and O–H groups in total. The van der Waals surface area contributed by atoms with Gasteiger partial charge in [-0.05, 0) is 24.1 Å². The summed E-state index contributed by atoms with van der Waals surface area (Å²) in [6.07, 6.45) is -4.07. The number of benzene rings is 1. The zero-order chi connectivity index (χ0) is 14.6. The molecule has 0 spiro atoms. The van der Waals surface area contributed by atoms with Gasteiger partial charge in [0.15, 0.2) is 0 Å². The van der Waals surface area contributed by atoms with E-state index < -0.39 is 12.6 Å². The third-order valence-electron chi connectivity index (χ3n) is 3.71. The first-order chi connectivity index (χ1) is 9.49. The summed E-state index contributed by atoms with van der Waals surface area (Å²) >= 11 is 0. The van der Waals surface area contributed by atoms with Crippen LogP contribution in [0.1, 0.15) is 24.5 Å². The Morgan fingerprint density at radius 1 is 1.25 bits per heavy atom. The molecule has 1 aromatic carbocycles. The molecule has 5 heteroatoms. The fourth-order valence-electron chi connectivity index (χ4n) is 2.63. The Hall–Kier alpha value is -1.07. The molecule has 0 bridgehead atoms. The van der Waals surface area contributed by atoms with Crippen LogP contribution in [0.2, 0.25) is 0 Å². The molecule has 2 rings (SSSR count). The summed E-state index contributed by atoms with van der Waals surface area (Å²) in [5.41, 5.74) is 1.14. The Balaban J connectivity index is 2.11. The van der Waals surface area contributed by atoms with Gasteiger partial charge < -0.3 is 4.74 Å². The SMILES string of the molecule is CCN(Cc1ccccc1CC(F)(F)F)C1CCOC1. The summed E-state index contributed by atoms with van der Waals surface area (Å²) in [7, 11) is 0. The van der Waals surface area contributed by atoms with E-state index >= 15 is 0 Å². The van der Waals surface area contributed by atoms with Crippen LogP contribution >= 0.6 is 0 Å². The van der Waals surface area contributed by atoms with Gasteiger partial charge in [0, 0.05) is 19.2 Å². The van der Waals surface area contributed by atoms with Gasteiger partial charge >= 0.3 is 6.18 Å². The molecule has 1 aliphatic rings. The lowest BCUT2D eigenvalue weighted by atomic mass is 10.0. The molecule has 1 aromatic rings. The molecule has 1 aliphatic heterocycles. The number of halogens is 3. The monoisotopic (exact) mass is 287 g/mol. The van der Waals surface area contributed by atoms with Crippen LogP contribution in [-0.4, -0.2) is 36.9 Å². The van der Waals surface area contributed by atoms with Crippen molar-refractivity contribution in [1.82, 2.24) is 4.90 Å². The van der Waals surface area contributed by atoms with Crippen LogP contribution in [-0.2, 0) is 17.7 Å². The van der Waals surface area contributed by atoms with Crippen LogP contribution in [0.25, 0.3) is 0 Å². The van der Waals surface area contributed by atoms with Gasteiger partial charge in [0.1, 0.15) is 0 Å². The average molecular weight is 287 g/mol. The van der Waals surface area contributed by atoms with Gasteiger partial charge in [-0.3, -0.25) is 4.90 Å². The minimum Gasteiger partial charge on any atom is -0.380 e. The number of alkyl halides is 3.